The number of rotatable bonds is 6. The molecule has 0 spiro atoms. The fraction of sp³-hybridized carbons (Fsp3) is 0.250. The summed E-state index contributed by atoms with van der Waals surface area (Å²) in [7, 11) is 0. The molecule has 0 aliphatic rings. The van der Waals surface area contributed by atoms with E-state index in [9.17, 15) is 4.79 Å². The molecule has 0 atom stereocenters. The van der Waals surface area contributed by atoms with Gasteiger partial charge in [0.1, 0.15) is 5.75 Å². The Morgan fingerprint density at radius 2 is 1.95 bits per heavy atom. The minimum Gasteiger partial charge on any atom is -0.482 e. The van der Waals surface area contributed by atoms with E-state index in [0.717, 1.165) is 5.56 Å². The van der Waals surface area contributed by atoms with E-state index < -0.39 is 0 Å². The van der Waals surface area contributed by atoms with E-state index in [2.05, 4.69) is 4.98 Å². The van der Waals surface area contributed by atoms with E-state index in [1.807, 2.05) is 31.2 Å². The van der Waals surface area contributed by atoms with Crippen LogP contribution >= 0.6 is 0 Å². The van der Waals surface area contributed by atoms with Crippen molar-refractivity contribution in [2.75, 3.05) is 18.9 Å². The standard InChI is InChI=1S/C16H19N3O2/c1-2-19(11-13-7-9-18-10-8-13)16(20)12-21-15-6-4-3-5-14(15)17/h3-10H,2,11-12,17H2,1H3. The molecule has 0 saturated carbocycles. The molecular formula is C16H19N3O2. The number of aromatic nitrogens is 1. The fourth-order valence-corrected chi connectivity index (χ4v) is 1.93. The monoisotopic (exact) mass is 285 g/mol. The minimum absolute atomic E-state index is 0.0207. The summed E-state index contributed by atoms with van der Waals surface area (Å²) in [6, 6.07) is 10.9. The van der Waals surface area contributed by atoms with Gasteiger partial charge in [-0.05, 0) is 36.8 Å². The maximum atomic E-state index is 12.2. The summed E-state index contributed by atoms with van der Waals surface area (Å²) >= 11 is 0. The highest BCUT2D eigenvalue weighted by Gasteiger charge is 2.13. The zero-order valence-electron chi connectivity index (χ0n) is 12.0. The van der Waals surface area contributed by atoms with Crippen molar-refractivity contribution < 1.29 is 9.53 Å². The second-order valence-electron chi connectivity index (χ2n) is 4.59. The van der Waals surface area contributed by atoms with E-state index in [4.69, 9.17) is 10.5 Å². The number of likely N-dealkylation sites (N-methyl/N-ethyl adjacent to an activating group) is 1. The van der Waals surface area contributed by atoms with Gasteiger partial charge in [0.15, 0.2) is 6.61 Å². The Hall–Kier alpha value is -2.56. The molecule has 0 unspecified atom stereocenters. The summed E-state index contributed by atoms with van der Waals surface area (Å²) in [5.74, 6) is 0.461. The number of carbonyl (C=O) groups excluding carboxylic acids is 1. The van der Waals surface area contributed by atoms with Gasteiger partial charge in [-0.3, -0.25) is 9.78 Å². The van der Waals surface area contributed by atoms with Gasteiger partial charge in [-0.1, -0.05) is 12.1 Å². The number of benzene rings is 1. The van der Waals surface area contributed by atoms with Gasteiger partial charge in [0.05, 0.1) is 5.69 Å². The van der Waals surface area contributed by atoms with Crippen LogP contribution in [0.25, 0.3) is 0 Å². The number of nitrogens with zero attached hydrogens (tertiary/aromatic N) is 2. The van der Waals surface area contributed by atoms with Gasteiger partial charge >= 0.3 is 0 Å². The highest BCUT2D eigenvalue weighted by molar-refractivity contribution is 5.78. The SMILES string of the molecule is CCN(Cc1ccncc1)C(=O)COc1ccccc1N. The number of anilines is 1. The molecule has 1 amide bonds. The van der Waals surface area contributed by atoms with Crippen LogP contribution < -0.4 is 10.5 Å². The number of hydrogen-bond donors (Lipinski definition) is 1. The normalized spacial score (nSPS) is 10.1. The second-order valence-corrected chi connectivity index (χ2v) is 4.59. The Morgan fingerprint density at radius 1 is 1.24 bits per heavy atom. The van der Waals surface area contributed by atoms with Gasteiger partial charge in [0.25, 0.3) is 5.91 Å². The van der Waals surface area contributed by atoms with Crippen molar-refractivity contribution in [3.05, 3.63) is 54.4 Å². The fourth-order valence-electron chi connectivity index (χ4n) is 1.93. The van der Waals surface area contributed by atoms with Crippen molar-refractivity contribution in [2.45, 2.75) is 13.5 Å². The first-order chi connectivity index (χ1) is 10.2. The number of carbonyl (C=O) groups is 1. The summed E-state index contributed by atoms with van der Waals surface area (Å²) in [5, 5.41) is 0. The number of nitrogens with two attached hydrogens (primary N) is 1. The van der Waals surface area contributed by atoms with Gasteiger partial charge in [0, 0.05) is 25.5 Å². The van der Waals surface area contributed by atoms with Crippen molar-refractivity contribution in [1.29, 1.82) is 0 Å². The Labute approximate surface area is 124 Å². The Balaban J connectivity index is 1.93. The third kappa shape index (κ3) is 4.21. The Kier molecular flexibility index (Phi) is 5.15. The summed E-state index contributed by atoms with van der Waals surface area (Å²) < 4.78 is 5.49. The van der Waals surface area contributed by atoms with Gasteiger partial charge in [-0.15, -0.1) is 0 Å². The molecule has 110 valence electrons. The van der Waals surface area contributed by atoms with E-state index in [0.29, 0.717) is 24.5 Å². The molecule has 2 aromatic rings. The van der Waals surface area contributed by atoms with Crippen molar-refractivity contribution in [1.82, 2.24) is 9.88 Å². The highest BCUT2D eigenvalue weighted by atomic mass is 16.5. The highest BCUT2D eigenvalue weighted by Crippen LogP contribution is 2.19. The van der Waals surface area contributed by atoms with Crippen LogP contribution in [0.3, 0.4) is 0 Å². The predicted molar refractivity (Wildman–Crippen MR) is 81.7 cm³/mol. The average Bonchev–Trinajstić information content (AvgIpc) is 2.52. The molecular weight excluding hydrogens is 266 g/mol. The molecule has 5 heteroatoms. The quantitative estimate of drug-likeness (QED) is 0.825. The second kappa shape index (κ2) is 7.28. The number of ether oxygens (including phenoxy) is 1. The summed E-state index contributed by atoms with van der Waals surface area (Å²) in [6.45, 7) is 3.09. The van der Waals surface area contributed by atoms with Crippen molar-refractivity contribution in [3.8, 4) is 5.75 Å². The lowest BCUT2D eigenvalue weighted by atomic mass is 10.2. The molecule has 0 aliphatic heterocycles. The van der Waals surface area contributed by atoms with Crippen LogP contribution in [0.2, 0.25) is 0 Å². The largest absolute Gasteiger partial charge is 0.482 e. The first-order valence-electron chi connectivity index (χ1n) is 6.84. The Bertz CT molecular complexity index is 587. The molecule has 2 N–H and O–H groups in total. The summed E-state index contributed by atoms with van der Waals surface area (Å²) in [6.07, 6.45) is 3.43. The molecule has 0 bridgehead atoms. The third-order valence-electron chi connectivity index (χ3n) is 3.13. The maximum absolute atomic E-state index is 12.2. The number of para-hydroxylation sites is 2. The van der Waals surface area contributed by atoms with Gasteiger partial charge in [0.2, 0.25) is 0 Å². The first-order valence-corrected chi connectivity index (χ1v) is 6.84. The molecule has 1 aromatic heterocycles. The molecule has 1 heterocycles. The van der Waals surface area contributed by atoms with Crippen LogP contribution in [-0.2, 0) is 11.3 Å². The molecule has 0 saturated heterocycles. The van der Waals surface area contributed by atoms with Crippen LogP contribution in [0.5, 0.6) is 5.75 Å². The molecule has 0 aliphatic carbocycles. The van der Waals surface area contributed by atoms with E-state index in [-0.39, 0.29) is 12.5 Å². The number of nitrogen functional groups attached to an aromatic ring is 1. The zero-order valence-corrected chi connectivity index (χ0v) is 12.0. The first kappa shape index (κ1) is 14.8. The average molecular weight is 285 g/mol. The number of pyridine rings is 1. The van der Waals surface area contributed by atoms with Crippen LogP contribution in [-0.4, -0.2) is 28.9 Å². The number of hydrogen-bond acceptors (Lipinski definition) is 4. The van der Waals surface area contributed by atoms with Crippen molar-refractivity contribution in [2.24, 2.45) is 0 Å². The topological polar surface area (TPSA) is 68.5 Å². The van der Waals surface area contributed by atoms with Gasteiger partial charge in [-0.2, -0.15) is 0 Å². The number of amides is 1. The third-order valence-corrected chi connectivity index (χ3v) is 3.13. The van der Waals surface area contributed by atoms with Gasteiger partial charge in [-0.25, -0.2) is 0 Å². The molecule has 2 rings (SSSR count). The lowest BCUT2D eigenvalue weighted by Crippen LogP contribution is -2.34. The Morgan fingerprint density at radius 3 is 2.62 bits per heavy atom. The predicted octanol–water partition coefficient (Wildman–Crippen LogP) is 2.09. The van der Waals surface area contributed by atoms with E-state index in [1.165, 1.54) is 0 Å². The van der Waals surface area contributed by atoms with Crippen LogP contribution in [0.1, 0.15) is 12.5 Å². The lowest BCUT2D eigenvalue weighted by Gasteiger charge is -2.21. The molecule has 1 aromatic carbocycles. The summed E-state index contributed by atoms with van der Waals surface area (Å²) in [4.78, 5) is 17.9. The van der Waals surface area contributed by atoms with Crippen LogP contribution in [0.4, 0.5) is 5.69 Å². The smallest absolute Gasteiger partial charge is 0.260 e. The van der Waals surface area contributed by atoms with E-state index in [1.54, 1.807) is 29.4 Å². The van der Waals surface area contributed by atoms with Crippen LogP contribution in [0, 0.1) is 0 Å². The van der Waals surface area contributed by atoms with E-state index >= 15 is 0 Å². The lowest BCUT2D eigenvalue weighted by molar-refractivity contribution is -0.133. The molecule has 0 radical (unpaired) electrons. The van der Waals surface area contributed by atoms with Crippen molar-refractivity contribution in [3.63, 3.8) is 0 Å². The molecule has 0 fully saturated rings. The van der Waals surface area contributed by atoms with Gasteiger partial charge < -0.3 is 15.4 Å². The van der Waals surface area contributed by atoms with Crippen molar-refractivity contribution >= 4 is 11.6 Å². The zero-order chi connectivity index (χ0) is 15.1. The maximum Gasteiger partial charge on any atom is 0.260 e. The molecule has 21 heavy (non-hydrogen) atoms. The van der Waals surface area contributed by atoms with Crippen LogP contribution in [0.15, 0.2) is 48.8 Å². The summed E-state index contributed by atoms with van der Waals surface area (Å²) in [5.41, 5.74) is 7.35. The minimum atomic E-state index is -0.0717. The molecule has 5 nitrogen and oxygen atoms in total.